The van der Waals surface area contributed by atoms with Gasteiger partial charge < -0.3 is 5.32 Å². The van der Waals surface area contributed by atoms with Gasteiger partial charge in [0, 0.05) is 17.4 Å². The van der Waals surface area contributed by atoms with Gasteiger partial charge >= 0.3 is 0 Å². The average molecular weight is 299 g/mol. The van der Waals surface area contributed by atoms with Gasteiger partial charge in [0.05, 0.1) is 11.4 Å². The van der Waals surface area contributed by atoms with Crippen LogP contribution in [0, 0.1) is 5.92 Å². The van der Waals surface area contributed by atoms with E-state index in [4.69, 9.17) is 11.6 Å². The van der Waals surface area contributed by atoms with Gasteiger partial charge in [-0.1, -0.05) is 48.9 Å². The van der Waals surface area contributed by atoms with E-state index in [9.17, 15) is 4.79 Å². The predicted molar refractivity (Wildman–Crippen MR) is 84.5 cm³/mol. The summed E-state index contributed by atoms with van der Waals surface area (Å²) in [5, 5.41) is 4.22. The molecule has 2 aromatic rings. The normalized spacial score (nSPS) is 26.5. The maximum atomic E-state index is 12.7. The molecule has 2 heterocycles. The van der Waals surface area contributed by atoms with E-state index in [0.29, 0.717) is 5.02 Å². The van der Waals surface area contributed by atoms with Crippen molar-refractivity contribution >= 4 is 28.9 Å². The minimum atomic E-state index is -0.481. The first-order valence-electron chi connectivity index (χ1n) is 7.09. The molecule has 0 spiro atoms. The molecular weight excluding hydrogens is 284 g/mol. The van der Waals surface area contributed by atoms with Crippen molar-refractivity contribution in [2.24, 2.45) is 5.92 Å². The molecule has 3 nitrogen and oxygen atoms in total. The predicted octanol–water partition coefficient (Wildman–Crippen LogP) is 3.99. The summed E-state index contributed by atoms with van der Waals surface area (Å²) in [7, 11) is 0. The maximum Gasteiger partial charge on any atom is 0.232 e. The largest absolute Gasteiger partial charge is 0.357 e. The highest BCUT2D eigenvalue weighted by Gasteiger charge is 2.55. The molecule has 1 saturated heterocycles. The number of rotatable bonds is 1. The van der Waals surface area contributed by atoms with Crippen molar-refractivity contribution in [3.8, 4) is 0 Å². The lowest BCUT2D eigenvalue weighted by Gasteiger charge is -2.32. The lowest BCUT2D eigenvalue weighted by Crippen LogP contribution is -2.44. The van der Waals surface area contributed by atoms with Crippen molar-refractivity contribution < 1.29 is 4.79 Å². The third-order valence-corrected chi connectivity index (χ3v) is 4.65. The van der Waals surface area contributed by atoms with Crippen molar-refractivity contribution in [1.29, 1.82) is 0 Å². The molecule has 0 aromatic heterocycles. The minimum absolute atomic E-state index is 0.00142. The Balaban J connectivity index is 1.93. The van der Waals surface area contributed by atoms with Gasteiger partial charge in [0.1, 0.15) is 5.66 Å². The molecule has 4 rings (SSSR count). The summed E-state index contributed by atoms with van der Waals surface area (Å²) < 4.78 is 0. The van der Waals surface area contributed by atoms with E-state index in [2.05, 4.69) is 17.4 Å². The minimum Gasteiger partial charge on any atom is -0.357 e. The Morgan fingerprint density at radius 3 is 2.76 bits per heavy atom. The maximum absolute atomic E-state index is 12.7. The van der Waals surface area contributed by atoms with Crippen LogP contribution in [-0.4, -0.2) is 5.91 Å². The molecule has 0 unspecified atom stereocenters. The van der Waals surface area contributed by atoms with Crippen LogP contribution in [0.3, 0.4) is 0 Å². The molecule has 1 N–H and O–H groups in total. The van der Waals surface area contributed by atoms with E-state index >= 15 is 0 Å². The van der Waals surface area contributed by atoms with Crippen LogP contribution in [0.4, 0.5) is 11.4 Å². The number of amides is 1. The van der Waals surface area contributed by atoms with Crippen LogP contribution >= 0.6 is 11.6 Å². The fourth-order valence-corrected chi connectivity index (χ4v) is 3.69. The van der Waals surface area contributed by atoms with Gasteiger partial charge in [0.2, 0.25) is 5.91 Å². The Hall–Kier alpha value is -2.00. The molecule has 21 heavy (non-hydrogen) atoms. The number of anilines is 2. The van der Waals surface area contributed by atoms with Crippen molar-refractivity contribution in [3.63, 3.8) is 0 Å². The van der Waals surface area contributed by atoms with Crippen molar-refractivity contribution in [2.45, 2.75) is 19.0 Å². The van der Waals surface area contributed by atoms with E-state index in [0.717, 1.165) is 23.4 Å². The van der Waals surface area contributed by atoms with Gasteiger partial charge in [0.25, 0.3) is 0 Å². The number of hydrogen-bond donors (Lipinski definition) is 1. The number of carbonyl (C=O) groups excluding carboxylic acids is 1. The molecule has 0 bridgehead atoms. The third kappa shape index (κ3) is 1.64. The zero-order valence-electron chi connectivity index (χ0n) is 11.6. The Kier molecular flexibility index (Phi) is 2.57. The highest BCUT2D eigenvalue weighted by atomic mass is 35.5. The third-order valence-electron chi connectivity index (χ3n) is 4.42. The SMILES string of the molecule is C[C@H]1C[C@]2(c3ccccc3)Nc3cc(Cl)ccc3N2C1=O. The summed E-state index contributed by atoms with van der Waals surface area (Å²) in [6.45, 7) is 1.99. The van der Waals surface area contributed by atoms with E-state index in [1.807, 2.05) is 48.2 Å². The van der Waals surface area contributed by atoms with Gasteiger partial charge in [-0.05, 0) is 23.8 Å². The van der Waals surface area contributed by atoms with Gasteiger partial charge in [-0.3, -0.25) is 9.69 Å². The average Bonchev–Trinajstić information content (AvgIpc) is 2.93. The summed E-state index contributed by atoms with van der Waals surface area (Å²) in [6.07, 6.45) is 0.752. The molecule has 106 valence electrons. The fraction of sp³-hybridized carbons (Fsp3) is 0.235. The number of nitrogens with zero attached hydrogens (tertiary/aromatic N) is 1. The standard InChI is InChI=1S/C17H15ClN2O/c1-11-10-17(12-5-3-2-4-6-12)19-14-9-13(18)7-8-15(14)20(17)16(11)21/h2-9,11,19H,10H2,1H3/t11-,17-/m0/s1. The number of halogens is 1. The second kappa shape index (κ2) is 4.25. The highest BCUT2D eigenvalue weighted by Crippen LogP contribution is 2.53. The van der Waals surface area contributed by atoms with E-state index in [1.165, 1.54) is 0 Å². The Morgan fingerprint density at radius 1 is 1.24 bits per heavy atom. The first-order chi connectivity index (χ1) is 10.1. The van der Waals surface area contributed by atoms with Crippen molar-refractivity contribution in [2.75, 3.05) is 10.2 Å². The topological polar surface area (TPSA) is 32.3 Å². The van der Waals surface area contributed by atoms with Gasteiger partial charge in [-0.15, -0.1) is 0 Å². The highest BCUT2D eigenvalue weighted by molar-refractivity contribution is 6.31. The van der Waals surface area contributed by atoms with Crippen LogP contribution in [0.1, 0.15) is 18.9 Å². The quantitative estimate of drug-likeness (QED) is 0.863. The van der Waals surface area contributed by atoms with Crippen LogP contribution in [0.25, 0.3) is 0 Å². The van der Waals surface area contributed by atoms with Gasteiger partial charge in [0.15, 0.2) is 0 Å². The van der Waals surface area contributed by atoms with E-state index < -0.39 is 5.66 Å². The number of fused-ring (bicyclic) bond motifs is 3. The van der Waals surface area contributed by atoms with Crippen LogP contribution in [0.5, 0.6) is 0 Å². The van der Waals surface area contributed by atoms with E-state index in [1.54, 1.807) is 0 Å². The molecule has 0 aliphatic carbocycles. The van der Waals surface area contributed by atoms with Crippen molar-refractivity contribution in [1.82, 2.24) is 0 Å². The second-order valence-electron chi connectivity index (χ2n) is 5.79. The summed E-state index contributed by atoms with van der Waals surface area (Å²) in [5.41, 5.74) is 2.46. The van der Waals surface area contributed by atoms with Crippen LogP contribution in [-0.2, 0) is 10.5 Å². The monoisotopic (exact) mass is 298 g/mol. The molecule has 4 heteroatoms. The van der Waals surface area contributed by atoms with Gasteiger partial charge in [-0.25, -0.2) is 0 Å². The number of carbonyl (C=O) groups is 1. The zero-order chi connectivity index (χ0) is 14.6. The summed E-state index contributed by atoms with van der Waals surface area (Å²) >= 11 is 6.09. The lowest BCUT2D eigenvalue weighted by atomic mass is 9.94. The van der Waals surface area contributed by atoms with Gasteiger partial charge in [-0.2, -0.15) is 0 Å². The Labute approximate surface area is 128 Å². The smallest absolute Gasteiger partial charge is 0.232 e. The lowest BCUT2D eigenvalue weighted by molar-refractivity contribution is -0.120. The molecule has 2 atom stereocenters. The van der Waals surface area contributed by atoms with Crippen LogP contribution in [0.15, 0.2) is 48.5 Å². The molecule has 2 aliphatic heterocycles. The summed E-state index contributed by atoms with van der Waals surface area (Å²) in [6, 6.07) is 15.8. The van der Waals surface area contributed by atoms with Crippen LogP contribution in [0.2, 0.25) is 5.02 Å². The number of benzene rings is 2. The molecule has 2 aliphatic rings. The molecule has 2 aromatic carbocycles. The molecule has 0 saturated carbocycles. The zero-order valence-corrected chi connectivity index (χ0v) is 12.4. The fourth-order valence-electron chi connectivity index (χ4n) is 3.52. The molecule has 1 fully saturated rings. The number of hydrogen-bond acceptors (Lipinski definition) is 2. The first-order valence-corrected chi connectivity index (χ1v) is 7.47. The number of nitrogens with one attached hydrogen (secondary N) is 1. The second-order valence-corrected chi connectivity index (χ2v) is 6.23. The van der Waals surface area contributed by atoms with Crippen molar-refractivity contribution in [3.05, 3.63) is 59.1 Å². The summed E-state index contributed by atoms with van der Waals surface area (Å²) in [5.74, 6) is 0.161. The molecule has 1 amide bonds. The first kappa shape index (κ1) is 12.7. The molecular formula is C17H15ClN2O. The summed E-state index contributed by atoms with van der Waals surface area (Å²) in [4.78, 5) is 14.6. The van der Waals surface area contributed by atoms with Crippen LogP contribution < -0.4 is 10.2 Å². The van der Waals surface area contributed by atoms with E-state index in [-0.39, 0.29) is 11.8 Å². The Morgan fingerprint density at radius 2 is 2.00 bits per heavy atom. The Bertz CT molecular complexity index is 731. The molecule has 0 radical (unpaired) electrons.